The molecule has 0 aliphatic rings. The minimum absolute atomic E-state index is 0.601. The average Bonchev–Trinajstić information content (AvgIpc) is 2.77. The molecule has 150 valence electrons. The van der Waals surface area contributed by atoms with Gasteiger partial charge in [0.05, 0.1) is 0 Å². The van der Waals surface area contributed by atoms with E-state index in [4.69, 9.17) is 32.1 Å². The maximum Gasteiger partial charge on any atom is 0.384 e. The van der Waals surface area contributed by atoms with Crippen molar-refractivity contribution < 1.29 is 9.05 Å². The highest BCUT2D eigenvalue weighted by Crippen LogP contribution is 2.53. The fourth-order valence-corrected chi connectivity index (χ4v) is 7.07. The van der Waals surface area contributed by atoms with E-state index in [1.54, 1.807) is 0 Å². The Balaban J connectivity index is 1.57. The van der Waals surface area contributed by atoms with Crippen LogP contribution in [0, 0.1) is 0 Å². The summed E-state index contributed by atoms with van der Waals surface area (Å²) >= 11 is 11.8. The molecule has 4 aromatic carbocycles. The molecule has 0 amide bonds. The van der Waals surface area contributed by atoms with Gasteiger partial charge in [-0.3, -0.25) is 0 Å². The van der Waals surface area contributed by atoms with E-state index in [1.807, 2.05) is 54.6 Å². The van der Waals surface area contributed by atoms with Crippen LogP contribution >= 0.6 is 25.0 Å². The lowest BCUT2D eigenvalue weighted by Gasteiger charge is -2.20. The molecule has 30 heavy (non-hydrogen) atoms. The quantitative estimate of drug-likeness (QED) is 0.294. The topological polar surface area (TPSA) is 18.5 Å². The predicted octanol–water partition coefficient (Wildman–Crippen LogP) is 6.37. The van der Waals surface area contributed by atoms with Crippen LogP contribution in [-0.4, -0.2) is 0 Å². The Morgan fingerprint density at radius 3 is 1.37 bits per heavy atom. The van der Waals surface area contributed by atoms with Gasteiger partial charge in [-0.25, -0.2) is 0 Å². The van der Waals surface area contributed by atoms with Crippen molar-refractivity contribution in [2.45, 2.75) is 0 Å². The van der Waals surface area contributed by atoms with Crippen molar-refractivity contribution in [2.75, 3.05) is 0 Å². The molecular formula is C24H19ClO2P2S. The van der Waals surface area contributed by atoms with Crippen molar-refractivity contribution in [3.63, 3.8) is 0 Å². The zero-order chi connectivity index (χ0) is 20.8. The molecule has 0 heterocycles. The smallest absolute Gasteiger partial charge is 0.384 e. The molecule has 0 spiro atoms. The maximum absolute atomic E-state index is 6.38. The van der Waals surface area contributed by atoms with Crippen molar-refractivity contribution in [3.05, 3.63) is 115 Å². The first kappa shape index (κ1) is 21.1. The molecule has 0 saturated heterocycles. The summed E-state index contributed by atoms with van der Waals surface area (Å²) in [7, 11) is -0.668. The molecule has 0 aromatic heterocycles. The van der Waals surface area contributed by atoms with Crippen LogP contribution in [0.5, 0.6) is 11.5 Å². The van der Waals surface area contributed by atoms with E-state index in [-0.39, 0.29) is 0 Å². The lowest BCUT2D eigenvalue weighted by molar-refractivity contribution is 0.505. The third-order valence-electron chi connectivity index (χ3n) is 4.30. The summed E-state index contributed by atoms with van der Waals surface area (Å²) in [6.45, 7) is 0. The zero-order valence-electron chi connectivity index (χ0n) is 16.0. The lowest BCUT2D eigenvalue weighted by atomic mass is 10.3. The fourth-order valence-electron chi connectivity index (χ4n) is 3.01. The third-order valence-corrected chi connectivity index (χ3v) is 8.46. The molecule has 2 nitrogen and oxygen atoms in total. The van der Waals surface area contributed by atoms with Crippen molar-refractivity contribution in [1.82, 2.24) is 0 Å². The van der Waals surface area contributed by atoms with Crippen LogP contribution in [0.1, 0.15) is 0 Å². The summed E-state index contributed by atoms with van der Waals surface area (Å²) in [4.78, 5) is 0. The van der Waals surface area contributed by atoms with Crippen LogP contribution in [0.15, 0.2) is 115 Å². The van der Waals surface area contributed by atoms with Crippen LogP contribution in [-0.2, 0) is 11.8 Å². The Morgan fingerprint density at radius 1 is 0.533 bits per heavy atom. The molecule has 1 atom stereocenters. The molecule has 1 unspecified atom stereocenters. The van der Waals surface area contributed by atoms with Gasteiger partial charge < -0.3 is 9.05 Å². The van der Waals surface area contributed by atoms with Gasteiger partial charge in [-0.05, 0) is 59.3 Å². The molecule has 4 aromatic rings. The van der Waals surface area contributed by atoms with Gasteiger partial charge in [-0.15, -0.1) is 0 Å². The first-order valence-electron chi connectivity index (χ1n) is 9.35. The van der Waals surface area contributed by atoms with E-state index >= 15 is 0 Å². The van der Waals surface area contributed by atoms with Crippen molar-refractivity contribution >= 4 is 52.7 Å². The Morgan fingerprint density at radius 2 is 0.900 bits per heavy atom. The minimum atomic E-state index is -2.98. The SMILES string of the molecule is S=P(Cl)(Oc1ccccc1)Oc1ccc(P(c2ccccc2)c2ccccc2)cc1. The van der Waals surface area contributed by atoms with Gasteiger partial charge in [-0.2, -0.15) is 0 Å². The van der Waals surface area contributed by atoms with Crippen LogP contribution in [0.4, 0.5) is 0 Å². The number of rotatable bonds is 7. The summed E-state index contributed by atoms with van der Waals surface area (Å²) in [5.41, 5.74) is 0. The molecule has 4 rings (SSSR count). The van der Waals surface area contributed by atoms with Crippen LogP contribution in [0.2, 0.25) is 0 Å². The van der Waals surface area contributed by atoms with E-state index in [9.17, 15) is 0 Å². The van der Waals surface area contributed by atoms with Crippen molar-refractivity contribution in [2.24, 2.45) is 0 Å². The van der Waals surface area contributed by atoms with E-state index in [0.29, 0.717) is 11.5 Å². The number of hydrogen-bond donors (Lipinski definition) is 0. The van der Waals surface area contributed by atoms with Crippen LogP contribution < -0.4 is 25.0 Å². The Labute approximate surface area is 188 Å². The second-order valence-electron chi connectivity index (χ2n) is 6.43. The summed E-state index contributed by atoms with van der Waals surface area (Å²) in [6.07, 6.45) is 0. The monoisotopic (exact) mass is 468 g/mol. The molecule has 0 fully saturated rings. The molecule has 0 aliphatic carbocycles. The number of para-hydroxylation sites is 1. The first-order chi connectivity index (χ1) is 14.6. The van der Waals surface area contributed by atoms with Gasteiger partial charge in [0.15, 0.2) is 0 Å². The Hall–Kier alpha value is -2.15. The van der Waals surface area contributed by atoms with Crippen LogP contribution in [0.3, 0.4) is 0 Å². The second kappa shape index (κ2) is 9.77. The van der Waals surface area contributed by atoms with Gasteiger partial charge in [-0.1, -0.05) is 91.0 Å². The van der Waals surface area contributed by atoms with Gasteiger partial charge >= 0.3 is 5.84 Å². The normalized spacial score (nSPS) is 12.9. The minimum Gasteiger partial charge on any atom is -0.425 e. The zero-order valence-corrected chi connectivity index (χ0v) is 19.3. The molecular weight excluding hydrogens is 450 g/mol. The molecule has 0 aliphatic heterocycles. The van der Waals surface area contributed by atoms with E-state index in [0.717, 1.165) is 0 Å². The molecule has 0 bridgehead atoms. The van der Waals surface area contributed by atoms with Gasteiger partial charge in [0.2, 0.25) is 0 Å². The van der Waals surface area contributed by atoms with E-state index in [1.165, 1.54) is 15.9 Å². The lowest BCUT2D eigenvalue weighted by Crippen LogP contribution is -2.20. The molecule has 0 N–H and O–H groups in total. The fraction of sp³-hybridized carbons (Fsp3) is 0. The number of benzene rings is 4. The molecule has 0 saturated carbocycles. The summed E-state index contributed by atoms with van der Waals surface area (Å²) < 4.78 is 11.5. The van der Waals surface area contributed by atoms with Gasteiger partial charge in [0.25, 0.3) is 0 Å². The highest BCUT2D eigenvalue weighted by Gasteiger charge is 2.20. The summed E-state index contributed by atoms with van der Waals surface area (Å²) in [6, 6.07) is 38.3. The third kappa shape index (κ3) is 5.50. The summed E-state index contributed by atoms with van der Waals surface area (Å²) in [5.74, 6) is -1.78. The van der Waals surface area contributed by atoms with Crippen molar-refractivity contribution in [3.8, 4) is 11.5 Å². The van der Waals surface area contributed by atoms with Crippen molar-refractivity contribution in [1.29, 1.82) is 0 Å². The van der Waals surface area contributed by atoms with E-state index < -0.39 is 13.8 Å². The van der Waals surface area contributed by atoms with Crippen LogP contribution in [0.25, 0.3) is 0 Å². The maximum atomic E-state index is 6.38. The molecule has 0 radical (unpaired) electrons. The number of hydrogen-bond acceptors (Lipinski definition) is 3. The summed E-state index contributed by atoms with van der Waals surface area (Å²) in [5, 5.41) is 3.81. The largest absolute Gasteiger partial charge is 0.425 e. The highest BCUT2D eigenvalue weighted by atomic mass is 35.7. The average molecular weight is 469 g/mol. The predicted molar refractivity (Wildman–Crippen MR) is 133 cm³/mol. The standard InChI is InChI=1S/C24H19ClO2P2S/c25-29(30,26-20-10-4-1-5-11-20)27-21-16-18-24(19-17-21)28(22-12-6-2-7-13-22)23-14-8-3-9-15-23/h1-19H. The van der Waals surface area contributed by atoms with Gasteiger partial charge in [0.1, 0.15) is 11.5 Å². The Kier molecular flexibility index (Phi) is 6.87. The van der Waals surface area contributed by atoms with E-state index in [2.05, 4.69) is 60.7 Å². The van der Waals surface area contributed by atoms with Gasteiger partial charge in [0, 0.05) is 11.8 Å². The second-order valence-corrected chi connectivity index (χ2v) is 13.3. The highest BCUT2D eigenvalue weighted by molar-refractivity contribution is 8.22. The first-order valence-corrected chi connectivity index (χ1v) is 14.2. The Bertz CT molecular complexity index is 1080. The molecule has 6 heteroatoms. The number of halogens is 1.